The molecular weight excluding hydrogens is 462 g/mol. The second-order valence-corrected chi connectivity index (χ2v) is 13.9. The van der Waals surface area contributed by atoms with E-state index in [0.717, 1.165) is 19.6 Å². The molecule has 2 heterocycles. The number of aryl methyl sites for hydroxylation is 1. The molecule has 0 radical (unpaired) electrons. The molecule has 0 spiro atoms. The number of likely N-dealkylation sites (tertiary alicyclic amines) is 1. The Balaban J connectivity index is 1.52. The molecule has 2 saturated heterocycles. The van der Waals surface area contributed by atoms with Crippen LogP contribution in [0.3, 0.4) is 0 Å². The molecule has 2 aliphatic heterocycles. The van der Waals surface area contributed by atoms with Gasteiger partial charge in [-0.15, -0.1) is 0 Å². The van der Waals surface area contributed by atoms with Crippen molar-refractivity contribution in [2.45, 2.75) is 117 Å². The van der Waals surface area contributed by atoms with E-state index in [4.69, 9.17) is 0 Å². The topological polar surface area (TPSA) is 9.72 Å². The van der Waals surface area contributed by atoms with E-state index in [-0.39, 0.29) is 11.1 Å². The largest absolute Gasteiger partial charge is 0.300 e. The van der Waals surface area contributed by atoms with Crippen molar-refractivity contribution in [3.63, 3.8) is 0 Å². The van der Waals surface area contributed by atoms with E-state index in [1.165, 1.54) is 61.9 Å². The maximum Gasteiger partial charge on any atom is 0.0483 e. The van der Waals surface area contributed by atoms with Crippen LogP contribution in [-0.4, -0.2) is 58.5 Å². The zero-order valence-corrected chi connectivity index (χ0v) is 25.8. The first-order valence-electron chi connectivity index (χ1n) is 15.4. The van der Waals surface area contributed by atoms with E-state index in [1.54, 1.807) is 5.56 Å². The summed E-state index contributed by atoms with van der Waals surface area (Å²) in [6.45, 7) is 25.0. The number of rotatable bonds is 7. The Bertz CT molecular complexity index is 1030. The van der Waals surface area contributed by atoms with Crippen LogP contribution in [0.25, 0.3) is 0 Å². The van der Waals surface area contributed by atoms with Crippen LogP contribution in [0.15, 0.2) is 48.5 Å². The highest BCUT2D eigenvalue weighted by atomic mass is 15.3. The predicted octanol–water partition coefficient (Wildman–Crippen LogP) is 8.36. The molecule has 3 heteroatoms. The van der Waals surface area contributed by atoms with Crippen molar-refractivity contribution in [2.75, 3.05) is 32.7 Å². The van der Waals surface area contributed by atoms with Crippen LogP contribution in [-0.2, 0) is 0 Å². The van der Waals surface area contributed by atoms with Crippen LogP contribution in [0, 0.1) is 6.92 Å². The highest BCUT2D eigenvalue weighted by Gasteiger charge is 2.38. The van der Waals surface area contributed by atoms with Gasteiger partial charge in [-0.2, -0.15) is 0 Å². The van der Waals surface area contributed by atoms with E-state index >= 15 is 0 Å². The maximum absolute atomic E-state index is 2.87. The Kier molecular flexibility index (Phi) is 9.43. The first kappa shape index (κ1) is 29.3. The van der Waals surface area contributed by atoms with E-state index in [9.17, 15) is 0 Å². The number of benzene rings is 2. The third-order valence-electron chi connectivity index (χ3n) is 9.42. The average Bonchev–Trinajstić information content (AvgIpc) is 3.14. The number of hydrogen-bond donors (Lipinski definition) is 0. The Morgan fingerprint density at radius 3 is 2.13 bits per heavy atom. The highest BCUT2D eigenvalue weighted by molar-refractivity contribution is 5.33. The summed E-state index contributed by atoms with van der Waals surface area (Å²) in [7, 11) is 0. The van der Waals surface area contributed by atoms with Gasteiger partial charge in [0.1, 0.15) is 0 Å². The molecule has 2 fully saturated rings. The monoisotopic (exact) mass is 517 g/mol. The molecule has 2 aliphatic rings. The summed E-state index contributed by atoms with van der Waals surface area (Å²) in [4.78, 5) is 8.41. The van der Waals surface area contributed by atoms with Gasteiger partial charge >= 0.3 is 0 Å². The summed E-state index contributed by atoms with van der Waals surface area (Å²) in [6.07, 6.45) is 6.53. The minimum Gasteiger partial charge on any atom is -0.300 e. The molecular formula is C35H55N3. The van der Waals surface area contributed by atoms with Gasteiger partial charge < -0.3 is 4.90 Å². The second kappa shape index (κ2) is 12.2. The van der Waals surface area contributed by atoms with Crippen molar-refractivity contribution in [2.24, 2.45) is 0 Å². The van der Waals surface area contributed by atoms with E-state index in [2.05, 4.69) is 119 Å². The third-order valence-corrected chi connectivity index (χ3v) is 9.42. The highest BCUT2D eigenvalue weighted by Crippen LogP contribution is 2.39. The predicted molar refractivity (Wildman–Crippen MR) is 164 cm³/mol. The summed E-state index contributed by atoms with van der Waals surface area (Å²) in [5.74, 6) is 0.545. The van der Waals surface area contributed by atoms with Gasteiger partial charge in [0.05, 0.1) is 0 Å². The van der Waals surface area contributed by atoms with Crippen LogP contribution >= 0.6 is 0 Å². The first-order chi connectivity index (χ1) is 18.0. The zero-order valence-electron chi connectivity index (χ0n) is 25.8. The Morgan fingerprint density at radius 2 is 1.45 bits per heavy atom. The van der Waals surface area contributed by atoms with Gasteiger partial charge in [0.15, 0.2) is 0 Å². The normalized spacial score (nSPS) is 23.1. The molecule has 2 aromatic rings. The quantitative estimate of drug-likeness (QED) is 0.365. The molecule has 0 aromatic heterocycles. The van der Waals surface area contributed by atoms with Crippen molar-refractivity contribution >= 4 is 0 Å². The molecule has 0 amide bonds. The summed E-state index contributed by atoms with van der Waals surface area (Å²) in [5, 5.41) is 0. The summed E-state index contributed by atoms with van der Waals surface area (Å²) in [6, 6.07) is 19.3. The molecule has 0 aliphatic carbocycles. The van der Waals surface area contributed by atoms with E-state index < -0.39 is 0 Å². The van der Waals surface area contributed by atoms with Crippen molar-refractivity contribution in [1.29, 1.82) is 0 Å². The molecule has 0 saturated carbocycles. The molecule has 4 rings (SSSR count). The molecule has 0 N–H and O–H groups in total. The lowest BCUT2D eigenvalue weighted by atomic mass is 9.87. The second-order valence-electron chi connectivity index (χ2n) is 13.9. The van der Waals surface area contributed by atoms with Crippen molar-refractivity contribution in [3.8, 4) is 0 Å². The zero-order chi connectivity index (χ0) is 27.5. The summed E-state index contributed by atoms with van der Waals surface area (Å²) < 4.78 is 0. The molecule has 0 bridgehead atoms. The lowest BCUT2D eigenvalue weighted by Gasteiger charge is -2.50. The van der Waals surface area contributed by atoms with Crippen molar-refractivity contribution in [3.05, 3.63) is 70.8 Å². The number of hydrogen-bond acceptors (Lipinski definition) is 3. The lowest BCUT2D eigenvalue weighted by molar-refractivity contribution is -0.00255. The smallest absolute Gasteiger partial charge is 0.0483 e. The van der Waals surface area contributed by atoms with Crippen LogP contribution in [0.4, 0.5) is 0 Å². The van der Waals surface area contributed by atoms with Gasteiger partial charge in [-0.3, -0.25) is 9.80 Å². The minimum atomic E-state index is 0.160. The first-order valence-corrected chi connectivity index (χ1v) is 15.4. The molecule has 2 atom stereocenters. The maximum atomic E-state index is 2.87. The Hall–Kier alpha value is -1.68. The molecule has 2 aromatic carbocycles. The lowest BCUT2D eigenvalue weighted by Crippen LogP contribution is -2.56. The SMILES string of the molecule is Cc1ccccc1C1CCCCCN1C(C)(C)CCN1CCN(C(C)(C)C)[C@H](c2ccccc2C(C)C)C1. The Labute approximate surface area is 234 Å². The van der Waals surface area contributed by atoms with Gasteiger partial charge in [-0.05, 0) is 95.5 Å². The minimum absolute atomic E-state index is 0.160. The third kappa shape index (κ3) is 6.72. The summed E-state index contributed by atoms with van der Waals surface area (Å²) >= 11 is 0. The average molecular weight is 518 g/mol. The van der Waals surface area contributed by atoms with E-state index in [0.29, 0.717) is 18.0 Å². The fourth-order valence-corrected chi connectivity index (χ4v) is 7.14. The fourth-order valence-electron chi connectivity index (χ4n) is 7.14. The van der Waals surface area contributed by atoms with Crippen molar-refractivity contribution in [1.82, 2.24) is 14.7 Å². The molecule has 210 valence electrons. The van der Waals surface area contributed by atoms with Crippen LogP contribution in [0.5, 0.6) is 0 Å². The molecule has 1 unspecified atom stereocenters. The fraction of sp³-hybridized carbons (Fsp3) is 0.657. The van der Waals surface area contributed by atoms with Crippen LogP contribution < -0.4 is 0 Å². The van der Waals surface area contributed by atoms with Gasteiger partial charge in [0.25, 0.3) is 0 Å². The van der Waals surface area contributed by atoms with E-state index in [1.807, 2.05) is 0 Å². The van der Waals surface area contributed by atoms with Crippen molar-refractivity contribution < 1.29 is 0 Å². The number of piperazine rings is 1. The number of nitrogens with zero attached hydrogens (tertiary/aromatic N) is 3. The Morgan fingerprint density at radius 1 is 0.763 bits per heavy atom. The van der Waals surface area contributed by atoms with Crippen LogP contribution in [0.2, 0.25) is 0 Å². The van der Waals surface area contributed by atoms with Gasteiger partial charge in [0, 0.05) is 49.3 Å². The standard InChI is InChI=1S/C35H55N3/c1-27(2)29-17-13-14-19-31(29)33-26-36(24-25-37(33)34(4,5)6)23-21-35(7,8)38-22-15-9-10-20-32(38)30-18-12-11-16-28(30)3/h11-14,16-19,27,32-33H,9-10,15,20-26H2,1-8H3/t32?,33-/m0/s1. The molecule has 38 heavy (non-hydrogen) atoms. The van der Waals surface area contributed by atoms with Gasteiger partial charge in [-0.25, -0.2) is 0 Å². The molecule has 3 nitrogen and oxygen atoms in total. The summed E-state index contributed by atoms with van der Waals surface area (Å²) in [5.41, 5.74) is 6.38. The van der Waals surface area contributed by atoms with Crippen LogP contribution in [0.1, 0.15) is 121 Å². The van der Waals surface area contributed by atoms with Gasteiger partial charge in [-0.1, -0.05) is 75.2 Å². The van der Waals surface area contributed by atoms with Gasteiger partial charge in [0.2, 0.25) is 0 Å².